The number of nitrogens with one attached hydrogen (secondary N) is 1. The van der Waals surface area contributed by atoms with Gasteiger partial charge in [0.2, 0.25) is 0 Å². The summed E-state index contributed by atoms with van der Waals surface area (Å²) in [5, 5.41) is 3.60. The molecule has 0 amide bonds. The fraction of sp³-hybridized carbons (Fsp3) is 1.00. The van der Waals surface area contributed by atoms with Gasteiger partial charge in [0.25, 0.3) is 0 Å². The molecule has 1 saturated carbocycles. The van der Waals surface area contributed by atoms with E-state index in [0.717, 1.165) is 5.92 Å². The van der Waals surface area contributed by atoms with Gasteiger partial charge in [0.15, 0.2) is 0 Å². The topological polar surface area (TPSA) is 12.0 Å². The van der Waals surface area contributed by atoms with Gasteiger partial charge in [-0.1, -0.05) is 41.0 Å². The number of hydrogen-bond donors (Lipinski definition) is 1. The molecule has 2 aliphatic rings. The van der Waals surface area contributed by atoms with Crippen LogP contribution in [0.5, 0.6) is 0 Å². The van der Waals surface area contributed by atoms with Crippen LogP contribution in [0.25, 0.3) is 0 Å². The summed E-state index contributed by atoms with van der Waals surface area (Å²) >= 11 is 0. The van der Waals surface area contributed by atoms with Gasteiger partial charge < -0.3 is 5.32 Å². The smallest absolute Gasteiger partial charge is 0.0185 e. The van der Waals surface area contributed by atoms with E-state index in [2.05, 4.69) is 26.1 Å². The Morgan fingerprint density at radius 2 is 1.71 bits per heavy atom. The first-order chi connectivity index (χ1) is 6.72. The Balaban J connectivity index is 0.000000294. The fourth-order valence-corrected chi connectivity index (χ4v) is 1.96. The van der Waals surface area contributed by atoms with Crippen LogP contribution >= 0.6 is 0 Å². The second-order valence-corrected chi connectivity index (χ2v) is 4.51. The fourth-order valence-electron chi connectivity index (χ4n) is 1.96. The minimum Gasteiger partial charge on any atom is -0.311 e. The van der Waals surface area contributed by atoms with E-state index >= 15 is 0 Å². The predicted molar refractivity (Wildman–Crippen MR) is 65.7 cm³/mol. The Hall–Kier alpha value is -0.0400. The average Bonchev–Trinajstić information content (AvgIpc) is 2.89. The molecule has 1 nitrogen and oxygen atoms in total. The average molecular weight is 199 g/mol. The molecule has 1 aliphatic heterocycles. The van der Waals surface area contributed by atoms with Crippen molar-refractivity contribution in [2.75, 3.05) is 6.54 Å². The molecule has 1 heteroatoms. The van der Waals surface area contributed by atoms with E-state index in [-0.39, 0.29) is 0 Å². The Morgan fingerprint density at radius 3 is 2.00 bits per heavy atom. The third-order valence-electron chi connectivity index (χ3n) is 2.73. The van der Waals surface area contributed by atoms with Crippen molar-refractivity contribution in [1.29, 1.82) is 0 Å². The zero-order valence-corrected chi connectivity index (χ0v) is 10.8. The van der Waals surface area contributed by atoms with Gasteiger partial charge in [-0.3, -0.25) is 0 Å². The predicted octanol–water partition coefficient (Wildman–Crippen LogP) is 3.98. The van der Waals surface area contributed by atoms with Crippen LogP contribution in [-0.4, -0.2) is 12.1 Å². The summed E-state index contributed by atoms with van der Waals surface area (Å²) in [6, 6.07) is 0. The number of piperidine rings is 1. The van der Waals surface area contributed by atoms with Crippen molar-refractivity contribution in [2.24, 2.45) is 5.92 Å². The molecule has 0 aromatic heterocycles. The quantitative estimate of drug-likeness (QED) is 0.622. The summed E-state index contributed by atoms with van der Waals surface area (Å²) in [4.78, 5) is 0. The second kappa shape index (κ2) is 7.28. The highest BCUT2D eigenvalue weighted by Gasteiger charge is 2.44. The Morgan fingerprint density at radius 1 is 1.21 bits per heavy atom. The molecule has 0 aromatic carbocycles. The molecule has 1 aliphatic carbocycles. The Kier molecular flexibility index (Phi) is 7.26. The molecule has 1 atom stereocenters. The van der Waals surface area contributed by atoms with Crippen molar-refractivity contribution in [3.63, 3.8) is 0 Å². The van der Waals surface area contributed by atoms with E-state index in [9.17, 15) is 0 Å². The van der Waals surface area contributed by atoms with E-state index < -0.39 is 0 Å². The molecular formula is C13H29N. The molecular weight excluding hydrogens is 170 g/mol. The molecule has 0 bridgehead atoms. The summed E-state index contributed by atoms with van der Waals surface area (Å²) in [6.07, 6.45) is 6.96. The standard InChI is InChI=1S/C8H15N.C3H8.C2H6/c1-7-2-5-9-8(6-7)3-4-8;1-3-2;1-2/h7,9H,2-6H2,1H3;3H2,1-2H3;1-2H3. The zero-order valence-electron chi connectivity index (χ0n) is 10.8. The third kappa shape index (κ3) is 4.99. The maximum Gasteiger partial charge on any atom is 0.0185 e. The van der Waals surface area contributed by atoms with Crippen molar-refractivity contribution < 1.29 is 0 Å². The summed E-state index contributed by atoms with van der Waals surface area (Å²) in [5.41, 5.74) is 0.650. The molecule has 1 N–H and O–H groups in total. The van der Waals surface area contributed by atoms with Gasteiger partial charge in [0.1, 0.15) is 0 Å². The molecule has 2 fully saturated rings. The lowest BCUT2D eigenvalue weighted by molar-refractivity contribution is 0.305. The van der Waals surface area contributed by atoms with Gasteiger partial charge in [-0.15, -0.1) is 0 Å². The summed E-state index contributed by atoms with van der Waals surface area (Å²) in [5.74, 6) is 0.980. The van der Waals surface area contributed by atoms with Crippen molar-refractivity contribution in [1.82, 2.24) is 5.32 Å². The van der Waals surface area contributed by atoms with Gasteiger partial charge in [0.05, 0.1) is 0 Å². The van der Waals surface area contributed by atoms with Crippen LogP contribution in [0.4, 0.5) is 0 Å². The van der Waals surface area contributed by atoms with Crippen molar-refractivity contribution in [3.8, 4) is 0 Å². The number of rotatable bonds is 0. The van der Waals surface area contributed by atoms with E-state index in [4.69, 9.17) is 0 Å². The largest absolute Gasteiger partial charge is 0.311 e. The molecule has 0 aromatic rings. The van der Waals surface area contributed by atoms with Crippen LogP contribution in [0.15, 0.2) is 0 Å². The van der Waals surface area contributed by atoms with E-state index in [0.29, 0.717) is 5.54 Å². The lowest BCUT2D eigenvalue weighted by atomic mass is 9.93. The van der Waals surface area contributed by atoms with Crippen molar-refractivity contribution in [3.05, 3.63) is 0 Å². The Bertz CT molecular complexity index is 127. The lowest BCUT2D eigenvalue weighted by Crippen LogP contribution is -2.39. The summed E-state index contributed by atoms with van der Waals surface area (Å²) < 4.78 is 0. The Labute approximate surface area is 90.7 Å². The van der Waals surface area contributed by atoms with Gasteiger partial charge in [-0.2, -0.15) is 0 Å². The van der Waals surface area contributed by atoms with Gasteiger partial charge in [-0.05, 0) is 38.1 Å². The van der Waals surface area contributed by atoms with Crippen molar-refractivity contribution >= 4 is 0 Å². The second-order valence-electron chi connectivity index (χ2n) is 4.51. The van der Waals surface area contributed by atoms with Crippen LogP contribution in [0.2, 0.25) is 0 Å². The van der Waals surface area contributed by atoms with Gasteiger partial charge in [-0.25, -0.2) is 0 Å². The van der Waals surface area contributed by atoms with E-state index in [1.165, 1.54) is 38.6 Å². The monoisotopic (exact) mass is 199 g/mol. The molecule has 86 valence electrons. The number of hydrogen-bond acceptors (Lipinski definition) is 1. The maximum absolute atomic E-state index is 3.60. The molecule has 2 rings (SSSR count). The zero-order chi connectivity index (χ0) is 11.0. The minimum absolute atomic E-state index is 0.650. The van der Waals surface area contributed by atoms with Crippen molar-refractivity contribution in [2.45, 2.75) is 72.3 Å². The SMILES string of the molecule is CC.CC1CCNC2(CC2)C1.CCC. The highest BCUT2D eigenvalue weighted by molar-refractivity contribution is 5.04. The molecule has 14 heavy (non-hydrogen) atoms. The van der Waals surface area contributed by atoms with Crippen LogP contribution < -0.4 is 5.32 Å². The highest BCUT2D eigenvalue weighted by atomic mass is 15.0. The maximum atomic E-state index is 3.60. The van der Waals surface area contributed by atoms with Crippen LogP contribution in [0.3, 0.4) is 0 Å². The highest BCUT2D eigenvalue weighted by Crippen LogP contribution is 2.43. The molecule has 1 unspecified atom stereocenters. The van der Waals surface area contributed by atoms with Crippen LogP contribution in [-0.2, 0) is 0 Å². The summed E-state index contributed by atoms with van der Waals surface area (Å²) in [6.45, 7) is 11.9. The first-order valence-electron chi connectivity index (χ1n) is 6.47. The van der Waals surface area contributed by atoms with Crippen LogP contribution in [0, 0.1) is 5.92 Å². The van der Waals surface area contributed by atoms with E-state index in [1.807, 2.05) is 13.8 Å². The molecule has 1 heterocycles. The summed E-state index contributed by atoms with van der Waals surface area (Å²) in [7, 11) is 0. The third-order valence-corrected chi connectivity index (χ3v) is 2.73. The lowest BCUT2D eigenvalue weighted by Gasteiger charge is -2.27. The van der Waals surface area contributed by atoms with E-state index in [1.54, 1.807) is 0 Å². The molecule has 1 saturated heterocycles. The van der Waals surface area contributed by atoms with Gasteiger partial charge in [0, 0.05) is 5.54 Å². The first-order valence-corrected chi connectivity index (χ1v) is 6.47. The van der Waals surface area contributed by atoms with Crippen LogP contribution in [0.1, 0.15) is 66.7 Å². The molecule has 0 radical (unpaired) electrons. The minimum atomic E-state index is 0.650. The molecule has 1 spiro atoms. The van der Waals surface area contributed by atoms with Gasteiger partial charge >= 0.3 is 0 Å². The first kappa shape index (κ1) is 14.0. The normalized spacial score (nSPS) is 26.8.